The summed E-state index contributed by atoms with van der Waals surface area (Å²) in [4.78, 5) is 7.84. The lowest BCUT2D eigenvalue weighted by molar-refractivity contribution is -0.164. The van der Waals surface area contributed by atoms with Crippen molar-refractivity contribution in [2.75, 3.05) is 5.73 Å². The first kappa shape index (κ1) is 19.1. The Hall–Kier alpha value is -2.65. The van der Waals surface area contributed by atoms with Gasteiger partial charge in [-0.3, -0.25) is 0 Å². The average Bonchev–Trinajstić information content (AvgIpc) is 3.29. The summed E-state index contributed by atoms with van der Waals surface area (Å²) in [6.07, 6.45) is -1.33. The Kier molecular flexibility index (Phi) is 4.83. The lowest BCUT2D eigenvalue weighted by atomic mass is 10.1. The van der Waals surface area contributed by atoms with Crippen molar-refractivity contribution >= 4 is 16.9 Å². The van der Waals surface area contributed by atoms with Crippen molar-refractivity contribution in [2.24, 2.45) is 0 Å². The smallest absolute Gasteiger partial charge is 0.383 e. The number of rotatable bonds is 3. The van der Waals surface area contributed by atoms with Crippen LogP contribution in [0.4, 0.5) is 19.0 Å². The molecular formula is C17H21F3N6O. The van der Waals surface area contributed by atoms with Crippen LogP contribution in [0.5, 0.6) is 0 Å². The summed E-state index contributed by atoms with van der Waals surface area (Å²) in [5, 5.41) is 8.41. The fourth-order valence-electron chi connectivity index (χ4n) is 2.87. The normalized spacial score (nSPS) is 15.5. The highest BCUT2D eigenvalue weighted by Crippen LogP contribution is 2.44. The van der Waals surface area contributed by atoms with Gasteiger partial charge in [0.25, 0.3) is 0 Å². The minimum atomic E-state index is -4.48. The molecule has 1 saturated carbocycles. The van der Waals surface area contributed by atoms with Crippen LogP contribution >= 0.6 is 0 Å². The number of halogens is 3. The molecule has 0 aromatic carbocycles. The highest BCUT2D eigenvalue weighted by molar-refractivity contribution is 5.98. The predicted octanol–water partition coefficient (Wildman–Crippen LogP) is 4.40. The van der Waals surface area contributed by atoms with E-state index in [4.69, 9.17) is 10.3 Å². The van der Waals surface area contributed by atoms with Crippen LogP contribution in [0.25, 0.3) is 22.4 Å². The maximum absolute atomic E-state index is 13.2. The molecule has 1 unspecified atom stereocenters. The molecule has 0 aliphatic heterocycles. The zero-order valence-electron chi connectivity index (χ0n) is 15.5. The lowest BCUT2D eigenvalue weighted by Gasteiger charge is -2.16. The third-order valence-electron chi connectivity index (χ3n) is 4.49. The molecule has 10 heteroatoms. The Labute approximate surface area is 153 Å². The van der Waals surface area contributed by atoms with E-state index in [1.807, 2.05) is 20.8 Å². The fraction of sp³-hybridized carbons (Fsp3) is 0.529. The number of alkyl halides is 3. The highest BCUT2D eigenvalue weighted by atomic mass is 19.4. The molecule has 0 saturated heterocycles. The van der Waals surface area contributed by atoms with Gasteiger partial charge in [0.15, 0.2) is 5.65 Å². The molecule has 3 aromatic rings. The predicted molar refractivity (Wildman–Crippen MR) is 94.1 cm³/mol. The summed E-state index contributed by atoms with van der Waals surface area (Å²) in [5.41, 5.74) is 7.26. The van der Waals surface area contributed by atoms with Crippen LogP contribution in [0.1, 0.15) is 56.9 Å². The van der Waals surface area contributed by atoms with Crippen molar-refractivity contribution in [1.82, 2.24) is 24.9 Å². The first-order valence-electron chi connectivity index (χ1n) is 8.81. The monoisotopic (exact) mass is 382 g/mol. The molecule has 0 spiro atoms. The standard InChI is InChI=1S/C15H15F3N6O.C2H6/c1-6-10(23-25-12(6)8-3-4-8)11-9-13(19)20-5-21-14(9)24(22-11)7(2)15(16,17)18;1-2/h5,7-8H,3-4H2,1-2H3,(H2,19,20,21);1-2H3. The van der Waals surface area contributed by atoms with Gasteiger partial charge in [0.05, 0.1) is 5.39 Å². The van der Waals surface area contributed by atoms with E-state index in [-0.39, 0.29) is 22.5 Å². The van der Waals surface area contributed by atoms with E-state index in [0.717, 1.165) is 42.1 Å². The number of hydrogen-bond donors (Lipinski definition) is 1. The summed E-state index contributed by atoms with van der Waals surface area (Å²) in [7, 11) is 0. The van der Waals surface area contributed by atoms with Crippen LogP contribution in [-0.2, 0) is 0 Å². The van der Waals surface area contributed by atoms with Crippen molar-refractivity contribution in [3.63, 3.8) is 0 Å². The Morgan fingerprint density at radius 1 is 1.22 bits per heavy atom. The second-order valence-corrected chi connectivity index (χ2v) is 6.26. The van der Waals surface area contributed by atoms with Crippen molar-refractivity contribution in [2.45, 2.75) is 58.7 Å². The van der Waals surface area contributed by atoms with E-state index in [0.29, 0.717) is 11.6 Å². The van der Waals surface area contributed by atoms with Gasteiger partial charge in [-0.05, 0) is 26.7 Å². The first-order valence-corrected chi connectivity index (χ1v) is 8.81. The van der Waals surface area contributed by atoms with Crippen LogP contribution in [0, 0.1) is 6.92 Å². The van der Waals surface area contributed by atoms with E-state index in [1.165, 1.54) is 0 Å². The van der Waals surface area contributed by atoms with E-state index < -0.39 is 12.2 Å². The van der Waals surface area contributed by atoms with Gasteiger partial charge in [0.2, 0.25) is 0 Å². The van der Waals surface area contributed by atoms with Gasteiger partial charge >= 0.3 is 6.18 Å². The Balaban J connectivity index is 0.00000102. The molecule has 4 rings (SSSR count). The first-order chi connectivity index (χ1) is 12.8. The molecule has 0 bridgehead atoms. The quantitative estimate of drug-likeness (QED) is 0.721. The minimum Gasteiger partial charge on any atom is -0.383 e. The van der Waals surface area contributed by atoms with Gasteiger partial charge in [-0.15, -0.1) is 0 Å². The van der Waals surface area contributed by atoms with Crippen molar-refractivity contribution in [3.8, 4) is 11.4 Å². The molecule has 7 nitrogen and oxygen atoms in total. The highest BCUT2D eigenvalue weighted by Gasteiger charge is 2.40. The summed E-state index contributed by atoms with van der Waals surface area (Å²) in [6.45, 7) is 6.83. The van der Waals surface area contributed by atoms with Gasteiger partial charge in [0, 0.05) is 11.5 Å². The topological polar surface area (TPSA) is 95.7 Å². The molecule has 2 N–H and O–H groups in total. The van der Waals surface area contributed by atoms with Crippen LogP contribution < -0.4 is 5.73 Å². The second-order valence-electron chi connectivity index (χ2n) is 6.26. The summed E-state index contributed by atoms with van der Waals surface area (Å²) in [5.74, 6) is 1.12. The molecule has 1 atom stereocenters. The van der Waals surface area contributed by atoms with Gasteiger partial charge in [-0.2, -0.15) is 18.3 Å². The zero-order chi connectivity index (χ0) is 19.9. The molecule has 1 fully saturated rings. The molecule has 27 heavy (non-hydrogen) atoms. The molecule has 1 aliphatic carbocycles. The van der Waals surface area contributed by atoms with Crippen LogP contribution in [-0.4, -0.2) is 31.1 Å². The average molecular weight is 382 g/mol. The van der Waals surface area contributed by atoms with Gasteiger partial charge in [-0.25, -0.2) is 14.6 Å². The van der Waals surface area contributed by atoms with E-state index in [1.54, 1.807) is 0 Å². The molecule has 1 aliphatic rings. The number of nitrogens with two attached hydrogens (primary N) is 1. The lowest BCUT2D eigenvalue weighted by Crippen LogP contribution is -2.24. The van der Waals surface area contributed by atoms with Crippen LogP contribution in [0.3, 0.4) is 0 Å². The van der Waals surface area contributed by atoms with Crippen LogP contribution in [0.15, 0.2) is 10.9 Å². The van der Waals surface area contributed by atoms with Crippen molar-refractivity contribution in [1.29, 1.82) is 0 Å². The molecule has 0 radical (unpaired) electrons. The number of anilines is 1. The fourth-order valence-corrected chi connectivity index (χ4v) is 2.87. The number of aromatic nitrogens is 5. The maximum atomic E-state index is 13.2. The van der Waals surface area contributed by atoms with Crippen molar-refractivity contribution < 1.29 is 17.7 Å². The van der Waals surface area contributed by atoms with E-state index >= 15 is 0 Å². The van der Waals surface area contributed by atoms with Gasteiger partial charge in [-0.1, -0.05) is 19.0 Å². The molecular weight excluding hydrogens is 361 g/mol. The largest absolute Gasteiger partial charge is 0.410 e. The molecule has 3 heterocycles. The molecule has 0 amide bonds. The third-order valence-corrected chi connectivity index (χ3v) is 4.49. The Morgan fingerprint density at radius 2 is 1.89 bits per heavy atom. The van der Waals surface area contributed by atoms with Crippen molar-refractivity contribution in [3.05, 3.63) is 17.7 Å². The third kappa shape index (κ3) is 3.24. The van der Waals surface area contributed by atoms with Gasteiger partial charge < -0.3 is 10.3 Å². The second kappa shape index (κ2) is 6.82. The number of hydrogen-bond acceptors (Lipinski definition) is 6. The summed E-state index contributed by atoms with van der Waals surface area (Å²) >= 11 is 0. The molecule has 3 aromatic heterocycles. The SMILES string of the molecule is CC.Cc1c(-c2nn(C(C)C(F)(F)F)c3ncnc(N)c23)noc1C1CC1. The van der Waals surface area contributed by atoms with Gasteiger partial charge in [0.1, 0.15) is 35.3 Å². The number of nitrogens with zero attached hydrogens (tertiary/aromatic N) is 5. The van der Waals surface area contributed by atoms with E-state index in [9.17, 15) is 13.2 Å². The number of nitrogen functional groups attached to an aromatic ring is 1. The van der Waals surface area contributed by atoms with Crippen LogP contribution in [0.2, 0.25) is 0 Å². The Morgan fingerprint density at radius 3 is 2.48 bits per heavy atom. The minimum absolute atomic E-state index is 0.0164. The zero-order valence-corrected chi connectivity index (χ0v) is 15.5. The van der Waals surface area contributed by atoms with E-state index in [2.05, 4.69) is 20.2 Å². The maximum Gasteiger partial charge on any atom is 0.410 e. The summed E-state index contributed by atoms with van der Waals surface area (Å²) in [6, 6.07) is -1.87. The summed E-state index contributed by atoms with van der Waals surface area (Å²) < 4.78 is 45.8. The molecule has 146 valence electrons. The number of fused-ring (bicyclic) bond motifs is 1. The Bertz CT molecular complexity index is 958.